The molecule has 4 rings (SSSR count). The fourth-order valence-electron chi connectivity index (χ4n) is 3.77. The van der Waals surface area contributed by atoms with E-state index in [2.05, 4.69) is 20.6 Å². The molecule has 2 aromatic carbocycles. The summed E-state index contributed by atoms with van der Waals surface area (Å²) >= 11 is 0. The van der Waals surface area contributed by atoms with E-state index in [1.165, 1.54) is 36.7 Å². The highest BCUT2D eigenvalue weighted by Gasteiger charge is 2.27. The standard InChI is InChI=1S/C24H20F3N5O3/c25-15-4-1-3-14(13-15)24(35)32-11-7-16(8-12-32)30-23(34)20-21(29-10-9-28-20)31-22(33)19-17(26)5-2-6-18(19)27/h1-6,9-10,13,16H,7-8,11-12H2,(H,30,34)(H,29,31,33). The first-order chi connectivity index (χ1) is 16.8. The number of hydrogen-bond donors (Lipinski definition) is 2. The molecular weight excluding hydrogens is 463 g/mol. The minimum Gasteiger partial charge on any atom is -0.348 e. The molecule has 2 N–H and O–H groups in total. The van der Waals surface area contributed by atoms with Crippen molar-refractivity contribution < 1.29 is 27.6 Å². The number of aromatic nitrogens is 2. The lowest BCUT2D eigenvalue weighted by Gasteiger charge is -2.32. The average molecular weight is 483 g/mol. The molecule has 1 aliphatic heterocycles. The fourth-order valence-corrected chi connectivity index (χ4v) is 3.77. The first-order valence-corrected chi connectivity index (χ1v) is 10.8. The second-order valence-electron chi connectivity index (χ2n) is 7.85. The molecule has 180 valence electrons. The molecule has 1 aliphatic rings. The minimum absolute atomic E-state index is 0.226. The van der Waals surface area contributed by atoms with Crippen LogP contribution in [-0.4, -0.2) is 51.7 Å². The molecule has 1 aromatic heterocycles. The van der Waals surface area contributed by atoms with Gasteiger partial charge in [0.1, 0.15) is 23.0 Å². The summed E-state index contributed by atoms with van der Waals surface area (Å²) in [5.74, 6) is -4.92. The number of piperidine rings is 1. The smallest absolute Gasteiger partial charge is 0.273 e. The first kappa shape index (κ1) is 23.9. The Labute approximate surface area is 198 Å². The summed E-state index contributed by atoms with van der Waals surface area (Å²) in [5, 5.41) is 5.02. The summed E-state index contributed by atoms with van der Waals surface area (Å²) in [6, 6.07) is 8.14. The van der Waals surface area contributed by atoms with Crippen molar-refractivity contribution in [1.29, 1.82) is 0 Å². The van der Waals surface area contributed by atoms with Gasteiger partial charge in [-0.25, -0.2) is 23.1 Å². The van der Waals surface area contributed by atoms with E-state index in [4.69, 9.17) is 0 Å². The number of amides is 3. The van der Waals surface area contributed by atoms with E-state index < -0.39 is 34.8 Å². The molecule has 3 amide bonds. The molecule has 0 spiro atoms. The van der Waals surface area contributed by atoms with Crippen LogP contribution in [0.5, 0.6) is 0 Å². The molecule has 2 heterocycles. The Bertz CT molecular complexity index is 1260. The lowest BCUT2D eigenvalue weighted by molar-refractivity contribution is 0.0697. The summed E-state index contributed by atoms with van der Waals surface area (Å²) in [6.07, 6.45) is 3.35. The van der Waals surface area contributed by atoms with E-state index >= 15 is 0 Å². The van der Waals surface area contributed by atoms with E-state index in [-0.39, 0.29) is 29.0 Å². The van der Waals surface area contributed by atoms with E-state index in [9.17, 15) is 27.6 Å². The number of halogens is 3. The van der Waals surface area contributed by atoms with Gasteiger partial charge in [0, 0.05) is 37.1 Å². The van der Waals surface area contributed by atoms with E-state index in [0.29, 0.717) is 25.9 Å². The maximum atomic E-state index is 13.9. The largest absolute Gasteiger partial charge is 0.348 e. The van der Waals surface area contributed by atoms with Crippen LogP contribution < -0.4 is 10.6 Å². The van der Waals surface area contributed by atoms with Gasteiger partial charge in [0.2, 0.25) is 0 Å². The van der Waals surface area contributed by atoms with Gasteiger partial charge in [0.25, 0.3) is 17.7 Å². The van der Waals surface area contributed by atoms with Crippen LogP contribution in [0.3, 0.4) is 0 Å². The van der Waals surface area contributed by atoms with Crippen LogP contribution in [0.1, 0.15) is 44.0 Å². The van der Waals surface area contributed by atoms with E-state index in [1.54, 1.807) is 4.90 Å². The zero-order valence-corrected chi connectivity index (χ0v) is 18.3. The van der Waals surface area contributed by atoms with Gasteiger partial charge in [-0.05, 0) is 43.2 Å². The van der Waals surface area contributed by atoms with E-state index in [1.807, 2.05) is 0 Å². The molecule has 0 saturated carbocycles. The number of anilines is 1. The zero-order valence-electron chi connectivity index (χ0n) is 18.3. The first-order valence-electron chi connectivity index (χ1n) is 10.8. The van der Waals surface area contributed by atoms with Crippen LogP contribution in [-0.2, 0) is 0 Å². The topological polar surface area (TPSA) is 104 Å². The van der Waals surface area contributed by atoms with Crippen molar-refractivity contribution in [3.8, 4) is 0 Å². The molecular formula is C24H20F3N5O3. The molecule has 0 unspecified atom stereocenters. The lowest BCUT2D eigenvalue weighted by Crippen LogP contribution is -2.46. The summed E-state index contributed by atoms with van der Waals surface area (Å²) in [5.41, 5.74) is -0.783. The molecule has 0 atom stereocenters. The van der Waals surface area contributed by atoms with Crippen LogP contribution in [0, 0.1) is 17.5 Å². The molecule has 3 aromatic rings. The van der Waals surface area contributed by atoms with Crippen molar-refractivity contribution in [3.63, 3.8) is 0 Å². The SMILES string of the molecule is O=C(NC1CCN(C(=O)c2cccc(F)c2)CC1)c1nccnc1NC(=O)c1c(F)cccc1F. The Morgan fingerprint density at radius 1 is 0.886 bits per heavy atom. The monoisotopic (exact) mass is 483 g/mol. The van der Waals surface area contributed by atoms with Crippen LogP contribution >= 0.6 is 0 Å². The Hall–Kier alpha value is -4.28. The quantitative estimate of drug-likeness (QED) is 0.580. The lowest BCUT2D eigenvalue weighted by atomic mass is 10.0. The third kappa shape index (κ3) is 5.45. The number of rotatable bonds is 5. The maximum Gasteiger partial charge on any atom is 0.273 e. The summed E-state index contributed by atoms with van der Waals surface area (Å²) < 4.78 is 41.3. The number of carbonyl (C=O) groups excluding carboxylic acids is 3. The highest BCUT2D eigenvalue weighted by Crippen LogP contribution is 2.18. The van der Waals surface area contributed by atoms with Crippen LogP contribution in [0.4, 0.5) is 19.0 Å². The van der Waals surface area contributed by atoms with Crippen molar-refractivity contribution in [3.05, 3.63) is 89.1 Å². The van der Waals surface area contributed by atoms with Gasteiger partial charge < -0.3 is 15.5 Å². The van der Waals surface area contributed by atoms with Crippen molar-refractivity contribution in [1.82, 2.24) is 20.2 Å². The van der Waals surface area contributed by atoms with Crippen LogP contribution in [0.15, 0.2) is 54.9 Å². The van der Waals surface area contributed by atoms with E-state index in [0.717, 1.165) is 18.2 Å². The molecule has 0 bridgehead atoms. The maximum absolute atomic E-state index is 13.9. The van der Waals surface area contributed by atoms with Crippen molar-refractivity contribution in [2.75, 3.05) is 18.4 Å². The number of carbonyl (C=O) groups is 3. The molecule has 0 aliphatic carbocycles. The van der Waals surface area contributed by atoms with Crippen molar-refractivity contribution in [2.45, 2.75) is 18.9 Å². The van der Waals surface area contributed by atoms with Gasteiger partial charge in [-0.15, -0.1) is 0 Å². The average Bonchev–Trinajstić information content (AvgIpc) is 2.84. The Balaban J connectivity index is 1.39. The van der Waals surface area contributed by atoms with Gasteiger partial charge in [-0.1, -0.05) is 12.1 Å². The Morgan fingerprint density at radius 3 is 2.23 bits per heavy atom. The summed E-state index contributed by atoms with van der Waals surface area (Å²) in [4.78, 5) is 47.2. The second kappa shape index (κ2) is 10.3. The molecule has 35 heavy (non-hydrogen) atoms. The zero-order chi connectivity index (χ0) is 24.9. The number of likely N-dealkylation sites (tertiary alicyclic amines) is 1. The van der Waals surface area contributed by atoms with Crippen LogP contribution in [0.2, 0.25) is 0 Å². The number of benzene rings is 2. The van der Waals surface area contributed by atoms with Gasteiger partial charge in [-0.2, -0.15) is 0 Å². The second-order valence-corrected chi connectivity index (χ2v) is 7.85. The molecule has 1 saturated heterocycles. The van der Waals surface area contributed by atoms with Gasteiger partial charge in [0.05, 0.1) is 0 Å². The van der Waals surface area contributed by atoms with Gasteiger partial charge in [-0.3, -0.25) is 14.4 Å². The molecule has 1 fully saturated rings. The molecule has 0 radical (unpaired) electrons. The predicted octanol–water partition coefficient (Wildman–Crippen LogP) is 3.18. The Kier molecular flexibility index (Phi) is 7.04. The molecule has 11 heteroatoms. The van der Waals surface area contributed by atoms with Gasteiger partial charge in [0.15, 0.2) is 11.5 Å². The molecule has 8 nitrogen and oxygen atoms in total. The summed E-state index contributed by atoms with van der Waals surface area (Å²) in [7, 11) is 0. The van der Waals surface area contributed by atoms with Crippen molar-refractivity contribution in [2.24, 2.45) is 0 Å². The van der Waals surface area contributed by atoms with Crippen molar-refractivity contribution >= 4 is 23.5 Å². The normalized spacial score (nSPS) is 13.9. The fraction of sp³-hybridized carbons (Fsp3) is 0.208. The number of nitrogens with zero attached hydrogens (tertiary/aromatic N) is 3. The number of hydrogen-bond acceptors (Lipinski definition) is 5. The minimum atomic E-state index is -1.11. The summed E-state index contributed by atoms with van der Waals surface area (Å²) in [6.45, 7) is 0.688. The third-order valence-corrected chi connectivity index (χ3v) is 5.52. The predicted molar refractivity (Wildman–Crippen MR) is 119 cm³/mol. The highest BCUT2D eigenvalue weighted by atomic mass is 19.1. The van der Waals surface area contributed by atoms with Crippen LogP contribution in [0.25, 0.3) is 0 Å². The number of nitrogens with one attached hydrogen (secondary N) is 2. The van der Waals surface area contributed by atoms with Gasteiger partial charge >= 0.3 is 0 Å². The third-order valence-electron chi connectivity index (χ3n) is 5.52. The highest BCUT2D eigenvalue weighted by molar-refractivity contribution is 6.07. The Morgan fingerprint density at radius 2 is 1.54 bits per heavy atom.